The lowest BCUT2D eigenvalue weighted by atomic mass is 10.0. The van der Waals surface area contributed by atoms with Gasteiger partial charge in [-0.25, -0.2) is 19.2 Å². The number of aromatic nitrogens is 3. The molecule has 0 saturated carbocycles. The molecule has 180 valence electrons. The van der Waals surface area contributed by atoms with Crippen molar-refractivity contribution in [3.63, 3.8) is 0 Å². The van der Waals surface area contributed by atoms with Crippen LogP contribution in [0.3, 0.4) is 0 Å². The molecule has 2 amide bonds. The van der Waals surface area contributed by atoms with Gasteiger partial charge in [-0.2, -0.15) is 0 Å². The van der Waals surface area contributed by atoms with Gasteiger partial charge in [0.2, 0.25) is 0 Å². The normalized spacial score (nSPS) is 11.1. The third-order valence-corrected chi connectivity index (χ3v) is 5.76. The number of ether oxygens (including phenoxy) is 1. The first kappa shape index (κ1) is 23.7. The zero-order valence-electron chi connectivity index (χ0n) is 19.7. The second-order valence-corrected chi connectivity index (χ2v) is 8.32. The number of carbonyl (C=O) groups excluding carboxylic acids is 2. The monoisotopic (exact) mass is 476 g/mol. The average Bonchev–Trinajstić information content (AvgIpc) is 3.22. The summed E-state index contributed by atoms with van der Waals surface area (Å²) in [5.74, 6) is -0.412. The molecule has 0 aliphatic heterocycles. The van der Waals surface area contributed by atoms with Crippen LogP contribution >= 0.6 is 0 Å². The van der Waals surface area contributed by atoms with Crippen LogP contribution in [-0.2, 0) is 0 Å². The number of benzene rings is 2. The van der Waals surface area contributed by atoms with Crippen LogP contribution in [0.4, 0.5) is 26.4 Å². The molecule has 4 rings (SSSR count). The van der Waals surface area contributed by atoms with Crippen molar-refractivity contribution in [1.82, 2.24) is 14.5 Å². The van der Waals surface area contributed by atoms with Crippen LogP contribution in [0.5, 0.6) is 5.75 Å². The lowest BCUT2D eigenvalue weighted by molar-refractivity contribution is 0.104. The highest BCUT2D eigenvalue weighted by atomic mass is 19.1. The predicted octanol–water partition coefficient (Wildman–Crippen LogP) is 4.50. The maximum absolute atomic E-state index is 14.3. The Balaban J connectivity index is 1.89. The number of methoxy groups -OCH3 is 1. The molecular formula is C25H25FN6O3. The Labute approximate surface area is 201 Å². The number of nitrogen functional groups attached to an aromatic ring is 1. The molecule has 35 heavy (non-hydrogen) atoms. The number of fused-ring (bicyclic) bond motifs is 1. The van der Waals surface area contributed by atoms with Crippen molar-refractivity contribution in [1.29, 1.82) is 0 Å². The van der Waals surface area contributed by atoms with Crippen LogP contribution in [0, 0.1) is 12.7 Å². The highest BCUT2D eigenvalue weighted by molar-refractivity contribution is 6.18. The van der Waals surface area contributed by atoms with Crippen LogP contribution in [0.2, 0.25) is 0 Å². The molecule has 0 spiro atoms. The number of hydrogen-bond donors (Lipinski definition) is 2. The molecule has 0 atom stereocenters. The molecule has 0 bridgehead atoms. The largest absolute Gasteiger partial charge is 0.495 e. The van der Waals surface area contributed by atoms with E-state index in [0.29, 0.717) is 22.2 Å². The lowest BCUT2D eigenvalue weighted by Crippen LogP contribution is -2.32. The van der Waals surface area contributed by atoms with Gasteiger partial charge >= 0.3 is 6.03 Å². The van der Waals surface area contributed by atoms with Crippen LogP contribution in [0.1, 0.15) is 41.4 Å². The molecule has 0 aliphatic carbocycles. The Morgan fingerprint density at radius 1 is 1.14 bits per heavy atom. The SMILES string of the molecule is COc1ccc(C(=O)c2cn(C(C)C)c3ncnc(N)c23)cc1N(C(N)=O)c1ccc(C)c(F)c1. The fraction of sp³-hybridized carbons (Fsp3) is 0.200. The standard InChI is InChI=1S/C25H25FN6O3/c1-13(2)31-11-17(21-23(27)29-12-30-24(21)31)22(33)15-6-8-20(35-4)19(9-15)32(25(28)34)16-7-5-14(3)18(26)10-16/h5-13H,1-4H3,(H2,28,34)(H2,27,29,30). The minimum Gasteiger partial charge on any atom is -0.495 e. The van der Waals surface area contributed by atoms with Crippen molar-refractivity contribution >= 4 is 40.0 Å². The number of halogens is 1. The fourth-order valence-corrected chi connectivity index (χ4v) is 3.94. The van der Waals surface area contributed by atoms with Gasteiger partial charge in [0.15, 0.2) is 5.78 Å². The molecule has 0 unspecified atom stereocenters. The zero-order chi connectivity index (χ0) is 25.4. The second-order valence-electron chi connectivity index (χ2n) is 8.32. The number of primary amides is 1. The summed E-state index contributed by atoms with van der Waals surface area (Å²) in [7, 11) is 1.42. The highest BCUT2D eigenvalue weighted by Gasteiger charge is 2.25. The average molecular weight is 477 g/mol. The summed E-state index contributed by atoms with van der Waals surface area (Å²) in [6, 6.07) is 8.02. The van der Waals surface area contributed by atoms with Crippen molar-refractivity contribution in [2.24, 2.45) is 5.73 Å². The van der Waals surface area contributed by atoms with Crippen LogP contribution in [0.25, 0.3) is 11.0 Å². The van der Waals surface area contributed by atoms with E-state index in [1.807, 2.05) is 18.4 Å². The molecule has 9 nitrogen and oxygen atoms in total. The highest BCUT2D eigenvalue weighted by Crippen LogP contribution is 2.37. The topological polar surface area (TPSA) is 129 Å². The number of ketones is 1. The van der Waals surface area contributed by atoms with E-state index < -0.39 is 11.8 Å². The van der Waals surface area contributed by atoms with Crippen molar-refractivity contribution in [2.45, 2.75) is 26.8 Å². The van der Waals surface area contributed by atoms with E-state index in [1.165, 1.54) is 31.6 Å². The maximum atomic E-state index is 14.3. The molecule has 2 aromatic carbocycles. The molecule has 4 N–H and O–H groups in total. The summed E-state index contributed by atoms with van der Waals surface area (Å²) in [6.07, 6.45) is 3.04. The minimum absolute atomic E-state index is 0.0153. The van der Waals surface area contributed by atoms with Gasteiger partial charge < -0.3 is 20.8 Å². The Kier molecular flexibility index (Phi) is 6.12. The number of hydrogen-bond acceptors (Lipinski definition) is 6. The summed E-state index contributed by atoms with van der Waals surface area (Å²) in [5.41, 5.74) is 13.7. The molecule has 0 fully saturated rings. The van der Waals surface area contributed by atoms with Crippen LogP contribution < -0.4 is 21.1 Å². The number of aryl methyl sites for hydroxylation is 1. The first-order valence-corrected chi connectivity index (χ1v) is 10.8. The third kappa shape index (κ3) is 4.14. The summed E-state index contributed by atoms with van der Waals surface area (Å²) in [6.45, 7) is 5.53. The Bertz CT molecular complexity index is 1460. The van der Waals surface area contributed by atoms with Gasteiger partial charge in [0, 0.05) is 17.8 Å². The van der Waals surface area contributed by atoms with Crippen LogP contribution in [-0.4, -0.2) is 33.5 Å². The quantitative estimate of drug-likeness (QED) is 0.394. The van der Waals surface area contributed by atoms with E-state index >= 15 is 0 Å². The number of rotatable bonds is 6. The summed E-state index contributed by atoms with van der Waals surface area (Å²) < 4.78 is 21.6. The van der Waals surface area contributed by atoms with E-state index in [1.54, 1.807) is 31.3 Å². The molecule has 10 heteroatoms. The van der Waals surface area contributed by atoms with Gasteiger partial charge in [0.25, 0.3) is 0 Å². The molecule has 4 aromatic rings. The summed E-state index contributed by atoms with van der Waals surface area (Å²) in [5, 5.41) is 0.441. The van der Waals surface area contributed by atoms with Crippen molar-refractivity contribution in [3.8, 4) is 5.75 Å². The van der Waals surface area contributed by atoms with E-state index in [9.17, 15) is 14.0 Å². The third-order valence-electron chi connectivity index (χ3n) is 5.76. The fourth-order valence-electron chi connectivity index (χ4n) is 3.94. The lowest BCUT2D eigenvalue weighted by Gasteiger charge is -2.23. The number of urea groups is 1. The van der Waals surface area contributed by atoms with Crippen molar-refractivity contribution in [2.75, 3.05) is 17.7 Å². The minimum atomic E-state index is -0.870. The van der Waals surface area contributed by atoms with E-state index in [4.69, 9.17) is 16.2 Å². The van der Waals surface area contributed by atoms with Gasteiger partial charge in [-0.15, -0.1) is 0 Å². The molecule has 2 heterocycles. The van der Waals surface area contributed by atoms with E-state index in [-0.39, 0.29) is 40.3 Å². The van der Waals surface area contributed by atoms with Gasteiger partial charge in [0.1, 0.15) is 29.4 Å². The smallest absolute Gasteiger partial charge is 0.324 e. The number of amides is 2. The number of nitrogens with zero attached hydrogens (tertiary/aromatic N) is 4. The Morgan fingerprint density at radius 2 is 1.89 bits per heavy atom. The zero-order valence-corrected chi connectivity index (χ0v) is 19.7. The number of anilines is 3. The summed E-state index contributed by atoms with van der Waals surface area (Å²) in [4.78, 5) is 35.6. The molecule has 0 aliphatic rings. The van der Waals surface area contributed by atoms with Gasteiger partial charge in [-0.3, -0.25) is 9.69 Å². The van der Waals surface area contributed by atoms with Gasteiger partial charge in [-0.1, -0.05) is 6.07 Å². The Morgan fingerprint density at radius 3 is 2.51 bits per heavy atom. The number of nitrogens with two attached hydrogens (primary N) is 2. The molecule has 0 saturated heterocycles. The maximum Gasteiger partial charge on any atom is 0.324 e. The van der Waals surface area contributed by atoms with Gasteiger partial charge in [-0.05, 0) is 56.7 Å². The molecule has 2 aromatic heterocycles. The van der Waals surface area contributed by atoms with Gasteiger partial charge in [0.05, 0.1) is 29.4 Å². The molecular weight excluding hydrogens is 451 g/mol. The second kappa shape index (κ2) is 9.05. The van der Waals surface area contributed by atoms with E-state index in [2.05, 4.69) is 9.97 Å². The predicted molar refractivity (Wildman–Crippen MR) is 132 cm³/mol. The van der Waals surface area contributed by atoms with Crippen LogP contribution in [0.15, 0.2) is 48.9 Å². The first-order chi connectivity index (χ1) is 16.6. The number of carbonyl (C=O) groups is 2. The van der Waals surface area contributed by atoms with E-state index in [0.717, 1.165) is 4.90 Å². The Hall–Kier alpha value is -4.47. The summed E-state index contributed by atoms with van der Waals surface area (Å²) >= 11 is 0. The molecule has 0 radical (unpaired) electrons. The first-order valence-electron chi connectivity index (χ1n) is 10.8. The van der Waals surface area contributed by atoms with Crippen molar-refractivity contribution < 1.29 is 18.7 Å². The van der Waals surface area contributed by atoms with Crippen molar-refractivity contribution in [3.05, 3.63) is 71.4 Å².